The average molecular weight is 234 g/mol. The van der Waals surface area contributed by atoms with Gasteiger partial charge in [0.15, 0.2) is 0 Å². The minimum absolute atomic E-state index is 0. The summed E-state index contributed by atoms with van der Waals surface area (Å²) in [6.07, 6.45) is 2.68. The van der Waals surface area contributed by atoms with Crippen molar-refractivity contribution in [2.24, 2.45) is 5.73 Å². The Morgan fingerprint density at radius 1 is 1.12 bits per heavy atom. The lowest BCUT2D eigenvalue weighted by Gasteiger charge is -2.10. The van der Waals surface area contributed by atoms with E-state index >= 15 is 0 Å². The van der Waals surface area contributed by atoms with Crippen molar-refractivity contribution in [3.05, 3.63) is 60.7 Å². The van der Waals surface area contributed by atoms with E-state index in [0.717, 1.165) is 6.42 Å². The number of fused-ring (bicyclic) bond motifs is 1. The molecule has 0 amide bonds. The highest BCUT2D eigenvalue weighted by atomic mass is 35.5. The molecule has 1 nitrogen and oxygen atoms in total. The van der Waals surface area contributed by atoms with Crippen LogP contribution in [0.1, 0.15) is 18.0 Å². The van der Waals surface area contributed by atoms with E-state index in [-0.39, 0.29) is 18.4 Å². The van der Waals surface area contributed by atoms with Crippen molar-refractivity contribution < 1.29 is 0 Å². The van der Waals surface area contributed by atoms with Crippen molar-refractivity contribution in [3.63, 3.8) is 0 Å². The molecule has 2 N–H and O–H groups in total. The first-order chi connectivity index (χ1) is 7.31. The predicted octanol–water partition coefficient (Wildman–Crippen LogP) is 3.84. The summed E-state index contributed by atoms with van der Waals surface area (Å²) in [5.41, 5.74) is 7.20. The van der Waals surface area contributed by atoms with Gasteiger partial charge in [-0.15, -0.1) is 19.0 Å². The zero-order valence-electron chi connectivity index (χ0n) is 9.10. The molecule has 1 atom stereocenters. The third-order valence-electron chi connectivity index (χ3n) is 2.62. The van der Waals surface area contributed by atoms with Gasteiger partial charge in [0.25, 0.3) is 0 Å². The van der Waals surface area contributed by atoms with Crippen molar-refractivity contribution in [1.82, 2.24) is 0 Å². The van der Waals surface area contributed by atoms with Crippen LogP contribution in [0.15, 0.2) is 55.1 Å². The molecular weight excluding hydrogens is 218 g/mol. The molecule has 0 aromatic heterocycles. The van der Waals surface area contributed by atoms with Crippen LogP contribution < -0.4 is 5.73 Å². The Labute approximate surface area is 102 Å². The van der Waals surface area contributed by atoms with E-state index in [0.29, 0.717) is 0 Å². The molecule has 0 fully saturated rings. The highest BCUT2D eigenvalue weighted by molar-refractivity contribution is 5.85. The van der Waals surface area contributed by atoms with Crippen molar-refractivity contribution in [2.45, 2.75) is 12.5 Å². The smallest absolute Gasteiger partial charge is 0.0329 e. The molecule has 2 heteroatoms. The molecule has 0 aliphatic heterocycles. The van der Waals surface area contributed by atoms with Gasteiger partial charge in [-0.25, -0.2) is 0 Å². The largest absolute Gasteiger partial charge is 0.324 e. The molecule has 0 saturated carbocycles. The lowest BCUT2D eigenvalue weighted by atomic mass is 10.0. The fourth-order valence-corrected chi connectivity index (χ4v) is 1.75. The van der Waals surface area contributed by atoms with E-state index in [4.69, 9.17) is 5.73 Å². The molecule has 0 saturated heterocycles. The van der Waals surface area contributed by atoms with Crippen molar-refractivity contribution >= 4 is 23.2 Å². The third-order valence-corrected chi connectivity index (χ3v) is 2.62. The van der Waals surface area contributed by atoms with E-state index in [2.05, 4.69) is 36.9 Å². The Morgan fingerprint density at radius 3 is 2.50 bits per heavy atom. The minimum atomic E-state index is 0. The van der Waals surface area contributed by atoms with Crippen LogP contribution in [-0.4, -0.2) is 0 Å². The molecule has 16 heavy (non-hydrogen) atoms. The summed E-state index contributed by atoms with van der Waals surface area (Å²) in [5, 5.41) is 2.50. The number of rotatable bonds is 3. The Hall–Kier alpha value is -1.31. The fraction of sp³-hybridized carbons (Fsp3) is 0.143. The van der Waals surface area contributed by atoms with Crippen LogP contribution in [-0.2, 0) is 0 Å². The molecule has 0 aliphatic rings. The first kappa shape index (κ1) is 12.8. The van der Waals surface area contributed by atoms with Crippen molar-refractivity contribution in [1.29, 1.82) is 0 Å². The Kier molecular flexibility index (Phi) is 4.53. The molecule has 2 aromatic carbocycles. The van der Waals surface area contributed by atoms with Gasteiger partial charge < -0.3 is 5.73 Å². The van der Waals surface area contributed by atoms with Crippen LogP contribution in [0.5, 0.6) is 0 Å². The van der Waals surface area contributed by atoms with E-state index < -0.39 is 0 Å². The van der Waals surface area contributed by atoms with E-state index in [1.807, 2.05) is 18.2 Å². The summed E-state index contributed by atoms with van der Waals surface area (Å²) in [7, 11) is 0. The van der Waals surface area contributed by atoms with E-state index in [1.165, 1.54) is 16.3 Å². The number of hydrogen-bond donors (Lipinski definition) is 1. The molecule has 0 aliphatic carbocycles. The molecule has 0 spiro atoms. The van der Waals surface area contributed by atoms with Gasteiger partial charge in [-0.05, 0) is 28.8 Å². The van der Waals surface area contributed by atoms with E-state index in [1.54, 1.807) is 0 Å². The Balaban J connectivity index is 0.00000128. The molecule has 0 heterocycles. The zero-order valence-corrected chi connectivity index (χ0v) is 9.91. The molecule has 0 unspecified atom stereocenters. The van der Waals surface area contributed by atoms with Gasteiger partial charge in [0.2, 0.25) is 0 Å². The fourth-order valence-electron chi connectivity index (χ4n) is 1.75. The van der Waals surface area contributed by atoms with Crippen LogP contribution in [0.2, 0.25) is 0 Å². The number of benzene rings is 2. The summed E-state index contributed by atoms with van der Waals surface area (Å²) in [6.45, 7) is 3.71. The van der Waals surface area contributed by atoms with Crippen LogP contribution in [0.25, 0.3) is 10.8 Å². The maximum absolute atomic E-state index is 6.03. The Morgan fingerprint density at radius 2 is 1.81 bits per heavy atom. The highest BCUT2D eigenvalue weighted by Crippen LogP contribution is 2.20. The SMILES string of the molecule is C=CC[C@H](N)c1ccc2ccccc2c1.Cl. The number of hydrogen-bond acceptors (Lipinski definition) is 1. The number of halogens is 1. The molecular formula is C14H16ClN. The second-order valence-corrected chi connectivity index (χ2v) is 3.74. The molecule has 0 bridgehead atoms. The quantitative estimate of drug-likeness (QED) is 0.801. The lowest BCUT2D eigenvalue weighted by molar-refractivity contribution is 0.743. The van der Waals surface area contributed by atoms with Crippen molar-refractivity contribution in [3.8, 4) is 0 Å². The molecule has 2 rings (SSSR count). The van der Waals surface area contributed by atoms with Gasteiger partial charge in [0, 0.05) is 6.04 Å². The van der Waals surface area contributed by atoms with Crippen LogP contribution in [0.4, 0.5) is 0 Å². The predicted molar refractivity (Wildman–Crippen MR) is 72.9 cm³/mol. The van der Waals surface area contributed by atoms with Gasteiger partial charge in [-0.2, -0.15) is 0 Å². The zero-order chi connectivity index (χ0) is 10.7. The first-order valence-corrected chi connectivity index (χ1v) is 5.16. The first-order valence-electron chi connectivity index (χ1n) is 5.16. The summed E-state index contributed by atoms with van der Waals surface area (Å²) in [4.78, 5) is 0. The van der Waals surface area contributed by atoms with E-state index in [9.17, 15) is 0 Å². The van der Waals surface area contributed by atoms with Gasteiger partial charge in [0.05, 0.1) is 0 Å². The van der Waals surface area contributed by atoms with Gasteiger partial charge in [-0.3, -0.25) is 0 Å². The number of nitrogens with two attached hydrogens (primary N) is 1. The standard InChI is InChI=1S/C14H15N.ClH/c1-2-5-14(15)13-9-8-11-6-3-4-7-12(11)10-13;/h2-4,6-10,14H,1,5,15H2;1H/t14-;/m0./s1. The summed E-state index contributed by atoms with van der Waals surface area (Å²) >= 11 is 0. The lowest BCUT2D eigenvalue weighted by Crippen LogP contribution is -2.08. The van der Waals surface area contributed by atoms with Crippen LogP contribution in [0.3, 0.4) is 0 Å². The monoisotopic (exact) mass is 233 g/mol. The molecule has 2 aromatic rings. The third kappa shape index (κ3) is 2.63. The van der Waals surface area contributed by atoms with Crippen LogP contribution >= 0.6 is 12.4 Å². The maximum Gasteiger partial charge on any atom is 0.0329 e. The highest BCUT2D eigenvalue weighted by Gasteiger charge is 2.03. The molecule has 0 radical (unpaired) electrons. The Bertz CT molecular complexity index is 479. The minimum Gasteiger partial charge on any atom is -0.324 e. The summed E-state index contributed by atoms with van der Waals surface area (Å²) in [6, 6.07) is 14.7. The summed E-state index contributed by atoms with van der Waals surface area (Å²) in [5.74, 6) is 0. The van der Waals surface area contributed by atoms with Gasteiger partial charge >= 0.3 is 0 Å². The topological polar surface area (TPSA) is 26.0 Å². The second-order valence-electron chi connectivity index (χ2n) is 3.74. The van der Waals surface area contributed by atoms with Gasteiger partial charge in [-0.1, -0.05) is 42.5 Å². The van der Waals surface area contributed by atoms with Gasteiger partial charge in [0.1, 0.15) is 0 Å². The average Bonchev–Trinajstić information content (AvgIpc) is 2.29. The second kappa shape index (κ2) is 5.69. The molecule has 84 valence electrons. The summed E-state index contributed by atoms with van der Waals surface area (Å²) < 4.78 is 0. The van der Waals surface area contributed by atoms with Crippen LogP contribution in [0, 0.1) is 0 Å². The normalized spacial score (nSPS) is 11.8. The maximum atomic E-state index is 6.03. The van der Waals surface area contributed by atoms with Crippen molar-refractivity contribution in [2.75, 3.05) is 0 Å².